The normalized spacial score (nSPS) is 19.7. The van der Waals surface area contributed by atoms with Gasteiger partial charge in [-0.25, -0.2) is 15.4 Å². The van der Waals surface area contributed by atoms with Crippen LogP contribution in [-0.2, 0) is 13.5 Å². The van der Waals surface area contributed by atoms with E-state index in [2.05, 4.69) is 65.2 Å². The molecule has 0 aliphatic carbocycles. The fraction of sp³-hybridized carbons (Fsp3) is 0.450. The molecule has 0 bridgehead atoms. The number of anilines is 1. The van der Waals surface area contributed by atoms with Gasteiger partial charge in [-0.15, -0.1) is 0 Å². The number of fused-ring (bicyclic) bond motifs is 1. The number of nitrogens with one attached hydrogen (secondary N) is 2. The van der Waals surface area contributed by atoms with E-state index in [1.165, 1.54) is 5.56 Å². The predicted molar refractivity (Wildman–Crippen MR) is 107 cm³/mol. The zero-order valence-corrected chi connectivity index (χ0v) is 16.2. The Morgan fingerprint density at radius 3 is 2.81 bits per heavy atom. The number of aryl methyl sites for hydroxylation is 2. The molecule has 0 spiro atoms. The Morgan fingerprint density at radius 2 is 2.04 bits per heavy atom. The van der Waals surface area contributed by atoms with E-state index in [1.807, 2.05) is 17.9 Å². The minimum atomic E-state index is 0.287. The number of nitrogens with zero attached hydrogens (tertiary/aromatic N) is 5. The Kier molecular flexibility index (Phi) is 5.05. The Labute approximate surface area is 159 Å². The summed E-state index contributed by atoms with van der Waals surface area (Å²) < 4.78 is 1.83. The van der Waals surface area contributed by atoms with Gasteiger partial charge in [0.25, 0.3) is 0 Å². The van der Waals surface area contributed by atoms with Crippen molar-refractivity contribution in [3.05, 3.63) is 47.9 Å². The van der Waals surface area contributed by atoms with E-state index in [1.54, 1.807) is 0 Å². The lowest BCUT2D eigenvalue weighted by molar-refractivity contribution is 0.475. The van der Waals surface area contributed by atoms with Crippen molar-refractivity contribution < 1.29 is 0 Å². The molecular weight excluding hydrogens is 338 g/mol. The van der Waals surface area contributed by atoms with Gasteiger partial charge < -0.3 is 4.90 Å². The van der Waals surface area contributed by atoms with E-state index in [9.17, 15) is 0 Å². The molecule has 1 fully saturated rings. The second-order valence-electron chi connectivity index (χ2n) is 7.27. The molecule has 3 aromatic rings. The van der Waals surface area contributed by atoms with Gasteiger partial charge in [-0.05, 0) is 12.0 Å². The van der Waals surface area contributed by atoms with Crippen molar-refractivity contribution in [3.63, 3.8) is 0 Å². The number of hydrazine groups is 1. The topological polar surface area (TPSA) is 70.9 Å². The van der Waals surface area contributed by atoms with Crippen LogP contribution < -0.4 is 15.8 Å². The summed E-state index contributed by atoms with van der Waals surface area (Å²) in [5.41, 5.74) is 8.96. The van der Waals surface area contributed by atoms with E-state index in [0.29, 0.717) is 5.92 Å². The Bertz CT molecular complexity index is 905. The summed E-state index contributed by atoms with van der Waals surface area (Å²) in [7, 11) is 4.05. The SMILES string of the molecule is CCCc1nc(N(C)CC2CNNC2c2ccccc2)c2cnn(C)c2n1. The number of rotatable bonds is 6. The summed E-state index contributed by atoms with van der Waals surface area (Å²) in [6.45, 7) is 3.97. The molecule has 1 aliphatic rings. The number of aromatic nitrogens is 4. The Balaban J connectivity index is 1.62. The zero-order chi connectivity index (χ0) is 18.8. The van der Waals surface area contributed by atoms with Crippen LogP contribution in [0.3, 0.4) is 0 Å². The third kappa shape index (κ3) is 3.52. The van der Waals surface area contributed by atoms with Gasteiger partial charge in [0, 0.05) is 39.5 Å². The summed E-state index contributed by atoms with van der Waals surface area (Å²) in [6.07, 6.45) is 3.77. The fourth-order valence-electron chi connectivity index (χ4n) is 3.84. The highest BCUT2D eigenvalue weighted by molar-refractivity contribution is 5.86. The van der Waals surface area contributed by atoms with Crippen molar-refractivity contribution in [2.45, 2.75) is 25.8 Å². The predicted octanol–water partition coefficient (Wildman–Crippen LogP) is 2.22. The quantitative estimate of drug-likeness (QED) is 0.698. The first-order valence-corrected chi connectivity index (χ1v) is 9.60. The molecule has 27 heavy (non-hydrogen) atoms. The van der Waals surface area contributed by atoms with Crippen molar-refractivity contribution in [1.29, 1.82) is 0 Å². The summed E-state index contributed by atoms with van der Waals surface area (Å²) in [6, 6.07) is 10.9. The molecule has 7 nitrogen and oxygen atoms in total. The lowest BCUT2D eigenvalue weighted by Crippen LogP contribution is -2.31. The molecule has 2 atom stereocenters. The van der Waals surface area contributed by atoms with Gasteiger partial charge in [0.05, 0.1) is 17.6 Å². The van der Waals surface area contributed by atoms with Crippen LogP contribution >= 0.6 is 0 Å². The molecule has 1 aliphatic heterocycles. The summed E-state index contributed by atoms with van der Waals surface area (Å²) in [5, 5.41) is 5.41. The maximum absolute atomic E-state index is 4.86. The molecular formula is C20H27N7. The van der Waals surface area contributed by atoms with Gasteiger partial charge in [0.15, 0.2) is 5.65 Å². The van der Waals surface area contributed by atoms with Gasteiger partial charge in [-0.3, -0.25) is 10.1 Å². The maximum atomic E-state index is 4.86. The molecule has 142 valence electrons. The second kappa shape index (κ2) is 7.62. The molecule has 2 aromatic heterocycles. The molecule has 7 heteroatoms. The van der Waals surface area contributed by atoms with Crippen LogP contribution in [0.5, 0.6) is 0 Å². The van der Waals surface area contributed by atoms with E-state index >= 15 is 0 Å². The Morgan fingerprint density at radius 1 is 1.22 bits per heavy atom. The van der Waals surface area contributed by atoms with Crippen LogP contribution in [0, 0.1) is 5.92 Å². The monoisotopic (exact) mass is 365 g/mol. The van der Waals surface area contributed by atoms with Crippen LogP contribution in [0.2, 0.25) is 0 Å². The van der Waals surface area contributed by atoms with Crippen LogP contribution in [-0.4, -0.2) is 39.9 Å². The average molecular weight is 365 g/mol. The Hall–Kier alpha value is -2.51. The standard InChI is InChI=1S/C20H27N7/c1-4-8-17-23-19(16-12-22-27(3)20(16)24-17)26(2)13-15-11-21-25-18(15)14-9-6-5-7-10-14/h5-7,9-10,12,15,18,21,25H,4,8,11,13H2,1-3H3. The summed E-state index contributed by atoms with van der Waals surface area (Å²) in [4.78, 5) is 11.8. The molecule has 2 unspecified atom stereocenters. The molecule has 0 saturated carbocycles. The number of benzene rings is 1. The van der Waals surface area contributed by atoms with Gasteiger partial charge in [-0.2, -0.15) is 5.10 Å². The van der Waals surface area contributed by atoms with Crippen molar-refractivity contribution in [2.75, 3.05) is 25.0 Å². The highest BCUT2D eigenvalue weighted by Gasteiger charge is 2.30. The van der Waals surface area contributed by atoms with Gasteiger partial charge in [0.1, 0.15) is 11.6 Å². The van der Waals surface area contributed by atoms with Gasteiger partial charge in [-0.1, -0.05) is 37.3 Å². The maximum Gasteiger partial charge on any atom is 0.163 e. The molecule has 3 heterocycles. The first-order valence-electron chi connectivity index (χ1n) is 9.60. The minimum absolute atomic E-state index is 0.287. The van der Waals surface area contributed by atoms with Crippen molar-refractivity contribution in [3.8, 4) is 0 Å². The van der Waals surface area contributed by atoms with Gasteiger partial charge >= 0.3 is 0 Å². The van der Waals surface area contributed by atoms with E-state index < -0.39 is 0 Å². The van der Waals surface area contributed by atoms with E-state index in [0.717, 1.165) is 48.6 Å². The molecule has 1 aromatic carbocycles. The highest BCUT2D eigenvalue weighted by atomic mass is 15.4. The minimum Gasteiger partial charge on any atom is -0.359 e. The fourth-order valence-corrected chi connectivity index (χ4v) is 3.84. The molecule has 2 N–H and O–H groups in total. The second-order valence-corrected chi connectivity index (χ2v) is 7.27. The summed E-state index contributed by atoms with van der Waals surface area (Å²) >= 11 is 0. The van der Waals surface area contributed by atoms with Crippen molar-refractivity contribution in [2.24, 2.45) is 13.0 Å². The van der Waals surface area contributed by atoms with E-state index in [-0.39, 0.29) is 6.04 Å². The lowest BCUT2D eigenvalue weighted by atomic mass is 9.94. The molecule has 1 saturated heterocycles. The van der Waals surface area contributed by atoms with Crippen LogP contribution in [0.15, 0.2) is 36.5 Å². The first-order chi connectivity index (χ1) is 13.2. The van der Waals surface area contributed by atoms with E-state index in [4.69, 9.17) is 9.97 Å². The van der Waals surface area contributed by atoms with Gasteiger partial charge in [0.2, 0.25) is 0 Å². The third-order valence-electron chi connectivity index (χ3n) is 5.21. The number of hydrogen-bond donors (Lipinski definition) is 2. The molecule has 0 radical (unpaired) electrons. The smallest absolute Gasteiger partial charge is 0.163 e. The average Bonchev–Trinajstić information content (AvgIpc) is 3.29. The molecule has 0 amide bonds. The number of hydrogen-bond acceptors (Lipinski definition) is 6. The first kappa shape index (κ1) is 17.9. The third-order valence-corrected chi connectivity index (χ3v) is 5.21. The van der Waals surface area contributed by atoms with Crippen LogP contribution in [0.1, 0.15) is 30.8 Å². The van der Waals surface area contributed by atoms with Crippen molar-refractivity contribution in [1.82, 2.24) is 30.6 Å². The van der Waals surface area contributed by atoms with Crippen molar-refractivity contribution >= 4 is 16.9 Å². The lowest BCUT2D eigenvalue weighted by Gasteiger charge is -2.26. The molecule has 4 rings (SSSR count). The van der Waals surface area contributed by atoms with Crippen LogP contribution in [0.4, 0.5) is 5.82 Å². The van der Waals surface area contributed by atoms with Crippen LogP contribution in [0.25, 0.3) is 11.0 Å². The largest absolute Gasteiger partial charge is 0.359 e. The summed E-state index contributed by atoms with van der Waals surface area (Å²) in [5.74, 6) is 2.29. The zero-order valence-electron chi connectivity index (χ0n) is 16.2. The highest BCUT2D eigenvalue weighted by Crippen LogP contribution is 2.28.